The molecule has 2 N–H and O–H groups in total. The highest BCUT2D eigenvalue weighted by Crippen LogP contribution is 2.02. The van der Waals surface area contributed by atoms with Crippen LogP contribution in [0.1, 0.15) is 11.1 Å². The molecule has 0 aliphatic rings. The molecule has 108 valence electrons. The first-order valence-corrected chi connectivity index (χ1v) is 7.64. The van der Waals surface area contributed by atoms with Gasteiger partial charge in [0.1, 0.15) is 0 Å². The number of nitrogens with one attached hydrogen (secondary N) is 2. The van der Waals surface area contributed by atoms with Crippen LogP contribution in [0.4, 0.5) is 0 Å². The van der Waals surface area contributed by atoms with Crippen molar-refractivity contribution in [3.63, 3.8) is 0 Å². The average Bonchev–Trinajstić information content (AvgIpc) is 2.39. The van der Waals surface area contributed by atoms with E-state index in [1.807, 2.05) is 11.8 Å². The zero-order chi connectivity index (χ0) is 13.2. The van der Waals surface area contributed by atoms with Crippen LogP contribution in [0.25, 0.3) is 0 Å². The Morgan fingerprint density at radius 2 is 1.79 bits per heavy atom. The van der Waals surface area contributed by atoms with Gasteiger partial charge in [0.2, 0.25) is 0 Å². The minimum Gasteiger partial charge on any atom is -0.356 e. The molecule has 0 atom stereocenters. The van der Waals surface area contributed by atoms with Gasteiger partial charge in [-0.3, -0.25) is 4.99 Å². The molecular formula is C14H24IN3S. The van der Waals surface area contributed by atoms with E-state index in [2.05, 4.69) is 53.1 Å². The minimum absolute atomic E-state index is 0. The van der Waals surface area contributed by atoms with Gasteiger partial charge in [-0.15, -0.1) is 24.0 Å². The van der Waals surface area contributed by atoms with E-state index in [9.17, 15) is 0 Å². The summed E-state index contributed by atoms with van der Waals surface area (Å²) in [5.41, 5.74) is 2.66. The largest absolute Gasteiger partial charge is 0.356 e. The van der Waals surface area contributed by atoms with Crippen molar-refractivity contribution in [2.45, 2.75) is 13.3 Å². The van der Waals surface area contributed by atoms with Gasteiger partial charge in [-0.05, 0) is 25.2 Å². The van der Waals surface area contributed by atoms with Crippen molar-refractivity contribution in [1.82, 2.24) is 10.6 Å². The molecule has 5 heteroatoms. The van der Waals surface area contributed by atoms with Crippen molar-refractivity contribution >= 4 is 41.7 Å². The Kier molecular flexibility index (Phi) is 11.1. The predicted octanol–water partition coefficient (Wildman–Crippen LogP) is 2.68. The second-order valence-electron chi connectivity index (χ2n) is 4.15. The van der Waals surface area contributed by atoms with Crippen molar-refractivity contribution in [3.05, 3.63) is 35.4 Å². The maximum absolute atomic E-state index is 4.19. The van der Waals surface area contributed by atoms with Crippen LogP contribution in [-0.4, -0.2) is 38.1 Å². The summed E-state index contributed by atoms with van der Waals surface area (Å²) in [6.45, 7) is 3.97. The third kappa shape index (κ3) is 8.36. The Morgan fingerprint density at radius 3 is 2.37 bits per heavy atom. The number of thioether (sulfide) groups is 1. The van der Waals surface area contributed by atoms with Gasteiger partial charge in [0.05, 0.1) is 0 Å². The van der Waals surface area contributed by atoms with Crippen LogP contribution in [0.3, 0.4) is 0 Å². The summed E-state index contributed by atoms with van der Waals surface area (Å²) >= 11 is 1.83. The normalized spacial score (nSPS) is 10.8. The number of rotatable bonds is 6. The van der Waals surface area contributed by atoms with Crippen molar-refractivity contribution in [2.75, 3.05) is 32.1 Å². The molecule has 0 bridgehead atoms. The van der Waals surface area contributed by atoms with Crippen LogP contribution in [0.5, 0.6) is 0 Å². The molecule has 0 saturated heterocycles. The lowest BCUT2D eigenvalue weighted by Gasteiger charge is -2.11. The highest BCUT2D eigenvalue weighted by atomic mass is 127. The van der Waals surface area contributed by atoms with Crippen molar-refractivity contribution in [3.8, 4) is 0 Å². The standard InChI is InChI=1S/C14H23N3S.HI/c1-12-4-6-13(7-5-12)8-9-16-14(15-2)17-10-11-18-3;/h4-7H,8-11H2,1-3H3,(H2,15,16,17);1H. The van der Waals surface area contributed by atoms with Crippen LogP contribution in [0.2, 0.25) is 0 Å². The monoisotopic (exact) mass is 393 g/mol. The molecule has 0 unspecified atom stereocenters. The van der Waals surface area contributed by atoms with E-state index in [1.54, 1.807) is 7.05 Å². The molecule has 19 heavy (non-hydrogen) atoms. The molecule has 0 heterocycles. The summed E-state index contributed by atoms with van der Waals surface area (Å²) in [6.07, 6.45) is 3.12. The Bertz CT molecular complexity index is 365. The first-order chi connectivity index (χ1) is 8.76. The molecule has 0 fully saturated rings. The lowest BCUT2D eigenvalue weighted by atomic mass is 10.1. The molecule has 3 nitrogen and oxygen atoms in total. The third-order valence-electron chi connectivity index (χ3n) is 2.65. The Balaban J connectivity index is 0.00000324. The Morgan fingerprint density at radius 1 is 1.16 bits per heavy atom. The molecule has 0 aromatic heterocycles. The maximum Gasteiger partial charge on any atom is 0.191 e. The van der Waals surface area contributed by atoms with Gasteiger partial charge < -0.3 is 10.6 Å². The molecule has 0 aliphatic carbocycles. The van der Waals surface area contributed by atoms with Crippen molar-refractivity contribution in [2.24, 2.45) is 4.99 Å². The highest BCUT2D eigenvalue weighted by molar-refractivity contribution is 14.0. The smallest absolute Gasteiger partial charge is 0.191 e. The second kappa shape index (κ2) is 11.4. The highest BCUT2D eigenvalue weighted by Gasteiger charge is 1.97. The lowest BCUT2D eigenvalue weighted by molar-refractivity contribution is 0.812. The van der Waals surface area contributed by atoms with Gasteiger partial charge in [0.15, 0.2) is 5.96 Å². The fourth-order valence-corrected chi connectivity index (χ4v) is 1.88. The van der Waals surface area contributed by atoms with Crippen molar-refractivity contribution in [1.29, 1.82) is 0 Å². The Labute approximate surface area is 138 Å². The predicted molar refractivity (Wildman–Crippen MR) is 98.0 cm³/mol. The SMILES string of the molecule is CN=C(NCCSC)NCCc1ccc(C)cc1.I. The molecule has 1 rings (SSSR count). The number of benzene rings is 1. The zero-order valence-electron chi connectivity index (χ0n) is 11.9. The van der Waals surface area contributed by atoms with E-state index in [4.69, 9.17) is 0 Å². The molecule has 0 amide bonds. The molecule has 0 radical (unpaired) electrons. The zero-order valence-corrected chi connectivity index (χ0v) is 15.0. The van der Waals surface area contributed by atoms with Gasteiger partial charge >= 0.3 is 0 Å². The summed E-state index contributed by atoms with van der Waals surface area (Å²) in [5, 5.41) is 6.60. The van der Waals surface area contributed by atoms with Crippen LogP contribution in [0, 0.1) is 6.92 Å². The van der Waals surface area contributed by atoms with Crippen LogP contribution in [-0.2, 0) is 6.42 Å². The van der Waals surface area contributed by atoms with Crippen LogP contribution in [0.15, 0.2) is 29.3 Å². The Hall–Kier alpha value is -0.430. The topological polar surface area (TPSA) is 36.4 Å². The number of guanidine groups is 1. The van der Waals surface area contributed by atoms with Gasteiger partial charge in [0.25, 0.3) is 0 Å². The first-order valence-electron chi connectivity index (χ1n) is 6.25. The summed E-state index contributed by atoms with van der Waals surface area (Å²) in [4.78, 5) is 4.19. The van der Waals surface area contributed by atoms with Gasteiger partial charge in [-0.1, -0.05) is 29.8 Å². The molecule has 0 saturated carbocycles. The number of hydrogen-bond acceptors (Lipinski definition) is 2. The average molecular weight is 393 g/mol. The summed E-state index contributed by atoms with van der Waals surface area (Å²) in [7, 11) is 1.81. The first kappa shape index (κ1) is 18.6. The quantitative estimate of drug-likeness (QED) is 0.338. The van der Waals surface area contributed by atoms with E-state index in [1.165, 1.54) is 11.1 Å². The number of hydrogen-bond donors (Lipinski definition) is 2. The van der Waals surface area contributed by atoms with Gasteiger partial charge in [0, 0.05) is 25.9 Å². The van der Waals surface area contributed by atoms with Crippen LogP contribution >= 0.6 is 35.7 Å². The van der Waals surface area contributed by atoms with E-state index < -0.39 is 0 Å². The summed E-state index contributed by atoms with van der Waals surface area (Å²) in [6, 6.07) is 8.67. The summed E-state index contributed by atoms with van der Waals surface area (Å²) in [5.74, 6) is 1.98. The number of aryl methyl sites for hydroxylation is 1. The van der Waals surface area contributed by atoms with Crippen molar-refractivity contribution < 1.29 is 0 Å². The number of halogens is 1. The van der Waals surface area contributed by atoms with Gasteiger partial charge in [-0.2, -0.15) is 11.8 Å². The molecule has 1 aromatic carbocycles. The van der Waals surface area contributed by atoms with E-state index in [0.29, 0.717) is 0 Å². The van der Waals surface area contributed by atoms with Gasteiger partial charge in [-0.25, -0.2) is 0 Å². The number of aliphatic imine (C=N–C) groups is 1. The fourth-order valence-electron chi connectivity index (χ4n) is 1.57. The molecule has 1 aromatic rings. The molecule has 0 spiro atoms. The van der Waals surface area contributed by atoms with Crippen LogP contribution < -0.4 is 10.6 Å². The van der Waals surface area contributed by atoms with E-state index >= 15 is 0 Å². The fraction of sp³-hybridized carbons (Fsp3) is 0.500. The van der Waals surface area contributed by atoms with E-state index in [-0.39, 0.29) is 24.0 Å². The maximum atomic E-state index is 4.19. The third-order valence-corrected chi connectivity index (χ3v) is 3.26. The minimum atomic E-state index is 0. The summed E-state index contributed by atoms with van der Waals surface area (Å²) < 4.78 is 0. The number of nitrogens with zero attached hydrogens (tertiary/aromatic N) is 1. The van der Waals surface area contributed by atoms with E-state index in [0.717, 1.165) is 31.2 Å². The molecule has 0 aliphatic heterocycles. The second-order valence-corrected chi connectivity index (χ2v) is 5.14. The molecular weight excluding hydrogens is 369 g/mol. The lowest BCUT2D eigenvalue weighted by Crippen LogP contribution is -2.39.